The van der Waals surface area contributed by atoms with Crippen LogP contribution < -0.4 is 10.1 Å². The Morgan fingerprint density at radius 1 is 1.23 bits per heavy atom. The van der Waals surface area contributed by atoms with E-state index in [1.807, 2.05) is 0 Å². The van der Waals surface area contributed by atoms with Gasteiger partial charge in [-0.25, -0.2) is 19.2 Å². The van der Waals surface area contributed by atoms with Gasteiger partial charge in [0.05, 0.1) is 36.4 Å². The van der Waals surface area contributed by atoms with Gasteiger partial charge >= 0.3 is 6.09 Å². The molecule has 0 radical (unpaired) electrons. The maximum absolute atomic E-state index is 14.1. The smallest absolute Gasteiger partial charge is 0.410 e. The van der Waals surface area contributed by atoms with Crippen LogP contribution in [0.4, 0.5) is 9.18 Å². The number of carbonyl (C=O) groups excluding carboxylic acids is 2. The van der Waals surface area contributed by atoms with Crippen molar-refractivity contribution in [2.24, 2.45) is 5.92 Å². The van der Waals surface area contributed by atoms with E-state index in [2.05, 4.69) is 20.3 Å². The number of nitrogens with one attached hydrogen (secondary N) is 2. The van der Waals surface area contributed by atoms with Crippen molar-refractivity contribution >= 4 is 23.0 Å². The summed E-state index contributed by atoms with van der Waals surface area (Å²) < 4.78 is 25.4. The molecule has 3 N–H and O–H groups in total. The number of piperidine rings is 1. The molecular formula is C28H34FN5O5. The molecule has 2 aromatic heterocycles. The molecule has 0 unspecified atom stereocenters. The lowest BCUT2D eigenvalue weighted by Crippen LogP contribution is -2.56. The molecule has 39 heavy (non-hydrogen) atoms. The van der Waals surface area contributed by atoms with E-state index in [4.69, 9.17) is 9.47 Å². The summed E-state index contributed by atoms with van der Waals surface area (Å²) in [4.78, 5) is 39.3. The Balaban J connectivity index is 1.36. The molecule has 3 aromatic rings. The van der Waals surface area contributed by atoms with Gasteiger partial charge in [-0.1, -0.05) is 0 Å². The first-order valence-corrected chi connectivity index (χ1v) is 13.2. The molecule has 1 saturated heterocycles. The Kier molecular flexibility index (Phi) is 7.19. The first-order chi connectivity index (χ1) is 18.5. The summed E-state index contributed by atoms with van der Waals surface area (Å²) in [6, 6.07) is 3.76. The Bertz CT molecular complexity index is 1400. The van der Waals surface area contributed by atoms with Crippen LogP contribution in [0.2, 0.25) is 0 Å². The second kappa shape index (κ2) is 10.4. The molecule has 0 bridgehead atoms. The number of H-pyrrole nitrogens is 1. The van der Waals surface area contributed by atoms with Crippen molar-refractivity contribution in [3.63, 3.8) is 0 Å². The van der Waals surface area contributed by atoms with Gasteiger partial charge in [0.15, 0.2) is 0 Å². The molecule has 2 aliphatic rings. The zero-order chi connectivity index (χ0) is 27.9. The summed E-state index contributed by atoms with van der Waals surface area (Å²) in [6.07, 6.45) is 2.48. The van der Waals surface area contributed by atoms with E-state index < -0.39 is 35.6 Å². The van der Waals surface area contributed by atoms with Crippen molar-refractivity contribution < 1.29 is 28.6 Å². The van der Waals surface area contributed by atoms with Crippen LogP contribution >= 0.6 is 0 Å². The number of fused-ring (bicyclic) bond motifs is 1. The predicted octanol–water partition coefficient (Wildman–Crippen LogP) is 3.96. The summed E-state index contributed by atoms with van der Waals surface area (Å²) in [5.41, 5.74) is 2.31. The third-order valence-electron chi connectivity index (χ3n) is 6.92. The normalized spacial score (nSPS) is 19.7. The van der Waals surface area contributed by atoms with E-state index in [0.717, 1.165) is 12.8 Å². The highest BCUT2D eigenvalue weighted by Gasteiger charge is 2.34. The number of aliphatic hydroxyl groups excluding tert-OH is 1. The third kappa shape index (κ3) is 5.98. The summed E-state index contributed by atoms with van der Waals surface area (Å²) in [5, 5.41) is 13.6. The zero-order valence-electron chi connectivity index (χ0n) is 22.6. The van der Waals surface area contributed by atoms with Crippen LogP contribution in [-0.4, -0.2) is 74.4 Å². The molecule has 1 saturated carbocycles. The standard InChI is InChI=1S/C28H34FN5O5/c1-15-22(26(36)33-19-9-10-34(12-20(19)35)27(37)39-28(2,3)4)24-25(32-15)23(30-14-31-24)18-8-7-17(29)11-21(18)38-13-16-5-6-16/h7-8,11,14,16,19-20,32,35H,5-6,9-10,12-13H2,1-4H3,(H,33,36)/t19-,20+/m1/s1. The molecule has 1 aliphatic heterocycles. The number of aromatic nitrogens is 3. The van der Waals surface area contributed by atoms with Gasteiger partial charge in [0.1, 0.15) is 34.7 Å². The number of aliphatic hydroxyl groups is 1. The lowest BCUT2D eigenvalue weighted by molar-refractivity contribution is -0.00408. The number of amides is 2. The maximum atomic E-state index is 14.1. The van der Waals surface area contributed by atoms with E-state index in [-0.39, 0.29) is 6.54 Å². The lowest BCUT2D eigenvalue weighted by atomic mass is 10.0. The third-order valence-corrected chi connectivity index (χ3v) is 6.92. The van der Waals surface area contributed by atoms with Crippen LogP contribution in [0.15, 0.2) is 24.5 Å². The van der Waals surface area contributed by atoms with Gasteiger partial charge in [0.25, 0.3) is 5.91 Å². The number of aryl methyl sites for hydroxylation is 1. The van der Waals surface area contributed by atoms with Gasteiger partial charge in [0, 0.05) is 23.9 Å². The minimum Gasteiger partial charge on any atom is -0.492 e. The lowest BCUT2D eigenvalue weighted by Gasteiger charge is -2.36. The summed E-state index contributed by atoms with van der Waals surface area (Å²) in [6.45, 7) is 8.01. The van der Waals surface area contributed by atoms with E-state index in [0.29, 0.717) is 64.8 Å². The van der Waals surface area contributed by atoms with E-state index >= 15 is 0 Å². The fourth-order valence-corrected chi connectivity index (χ4v) is 4.74. The van der Waals surface area contributed by atoms with Crippen molar-refractivity contribution in [3.8, 4) is 17.0 Å². The van der Waals surface area contributed by atoms with Crippen molar-refractivity contribution in [1.29, 1.82) is 0 Å². The zero-order valence-corrected chi connectivity index (χ0v) is 22.6. The number of nitrogens with zero attached hydrogens (tertiary/aromatic N) is 3. The molecule has 5 rings (SSSR count). The molecule has 208 valence electrons. The number of hydrogen-bond donors (Lipinski definition) is 3. The molecule has 10 nitrogen and oxygen atoms in total. The molecule has 3 heterocycles. The number of halogens is 1. The van der Waals surface area contributed by atoms with Crippen LogP contribution in [-0.2, 0) is 4.74 Å². The van der Waals surface area contributed by atoms with Gasteiger partial charge in [-0.05, 0) is 65.0 Å². The van der Waals surface area contributed by atoms with Crippen LogP contribution in [0.25, 0.3) is 22.3 Å². The topological polar surface area (TPSA) is 130 Å². The quantitative estimate of drug-likeness (QED) is 0.432. The van der Waals surface area contributed by atoms with Gasteiger partial charge in [-0.15, -0.1) is 0 Å². The molecule has 2 atom stereocenters. The van der Waals surface area contributed by atoms with Crippen LogP contribution in [0.3, 0.4) is 0 Å². The minimum absolute atomic E-state index is 0.0489. The Morgan fingerprint density at radius 3 is 2.69 bits per heavy atom. The van der Waals surface area contributed by atoms with Crippen LogP contribution in [0.1, 0.15) is 56.1 Å². The number of rotatable bonds is 6. The molecule has 2 fully saturated rings. The van der Waals surface area contributed by atoms with Crippen molar-refractivity contribution in [1.82, 2.24) is 25.2 Å². The number of carbonyl (C=O) groups is 2. The summed E-state index contributed by atoms with van der Waals surface area (Å²) >= 11 is 0. The Hall–Kier alpha value is -3.73. The predicted molar refractivity (Wildman–Crippen MR) is 142 cm³/mol. The Morgan fingerprint density at radius 2 is 2.00 bits per heavy atom. The molecule has 1 aromatic carbocycles. The average molecular weight is 540 g/mol. The molecular weight excluding hydrogens is 505 g/mol. The first kappa shape index (κ1) is 26.9. The highest BCUT2D eigenvalue weighted by Crippen LogP contribution is 2.36. The van der Waals surface area contributed by atoms with Crippen LogP contribution in [0, 0.1) is 18.7 Å². The van der Waals surface area contributed by atoms with Gasteiger partial charge < -0.3 is 29.8 Å². The highest BCUT2D eigenvalue weighted by molar-refractivity contribution is 6.09. The largest absolute Gasteiger partial charge is 0.492 e. The second-order valence-corrected chi connectivity index (χ2v) is 11.3. The number of likely N-dealkylation sites (tertiary alicyclic amines) is 1. The van der Waals surface area contributed by atoms with Crippen molar-refractivity contribution in [3.05, 3.63) is 41.6 Å². The van der Waals surface area contributed by atoms with E-state index in [1.54, 1.807) is 33.8 Å². The Labute approximate surface area is 225 Å². The first-order valence-electron chi connectivity index (χ1n) is 13.2. The number of benzene rings is 1. The molecule has 1 aliphatic carbocycles. The number of ether oxygens (including phenoxy) is 2. The SMILES string of the molecule is Cc1[nH]c2c(-c3ccc(F)cc3OCC3CC3)ncnc2c1C(=O)N[C@@H]1CCN(C(=O)OC(C)(C)C)C[C@@H]1O. The monoisotopic (exact) mass is 539 g/mol. The minimum atomic E-state index is -0.962. The molecule has 2 amide bonds. The molecule has 11 heteroatoms. The maximum Gasteiger partial charge on any atom is 0.410 e. The fraction of sp³-hybridized carbons (Fsp3) is 0.500. The van der Waals surface area contributed by atoms with Gasteiger partial charge in [0.2, 0.25) is 0 Å². The van der Waals surface area contributed by atoms with Crippen LogP contribution in [0.5, 0.6) is 5.75 Å². The highest BCUT2D eigenvalue weighted by atomic mass is 19.1. The van der Waals surface area contributed by atoms with E-state index in [9.17, 15) is 19.1 Å². The summed E-state index contributed by atoms with van der Waals surface area (Å²) in [5.74, 6) is 0.0669. The number of aromatic amines is 1. The fourth-order valence-electron chi connectivity index (χ4n) is 4.74. The summed E-state index contributed by atoms with van der Waals surface area (Å²) in [7, 11) is 0. The second-order valence-electron chi connectivity index (χ2n) is 11.3. The van der Waals surface area contributed by atoms with Crippen molar-refractivity contribution in [2.75, 3.05) is 19.7 Å². The van der Waals surface area contributed by atoms with Gasteiger partial charge in [-0.3, -0.25) is 4.79 Å². The average Bonchev–Trinajstić information content (AvgIpc) is 3.62. The van der Waals surface area contributed by atoms with E-state index in [1.165, 1.54) is 23.4 Å². The van der Waals surface area contributed by atoms with Crippen molar-refractivity contribution in [2.45, 2.75) is 64.7 Å². The molecule has 0 spiro atoms. The number of β-amino-alcohol motifs (C(OH)–C–C–N with tert-alkyl or cyclic N) is 1. The number of hydrogen-bond acceptors (Lipinski definition) is 7. The van der Waals surface area contributed by atoms with Gasteiger partial charge in [-0.2, -0.15) is 0 Å².